The third kappa shape index (κ3) is 6.61. The van der Waals surface area contributed by atoms with Gasteiger partial charge in [0.2, 0.25) is 0 Å². The van der Waals surface area contributed by atoms with Gasteiger partial charge >= 0.3 is 12.3 Å². The van der Waals surface area contributed by atoms with Crippen molar-refractivity contribution < 1.29 is 27.5 Å². The van der Waals surface area contributed by atoms with Gasteiger partial charge in [-0.1, -0.05) is 18.2 Å². The minimum Gasteiger partial charge on any atom is -0.444 e. The molecule has 2 aromatic rings. The maximum Gasteiger partial charge on any atom is 0.416 e. The van der Waals surface area contributed by atoms with E-state index in [-0.39, 0.29) is 12.1 Å². The maximum atomic E-state index is 12.8. The third-order valence-electron chi connectivity index (χ3n) is 3.48. The number of carbonyl (C=O) groups is 2. The van der Waals surface area contributed by atoms with Crippen molar-refractivity contribution in [1.82, 2.24) is 5.32 Å². The van der Waals surface area contributed by atoms with Crippen molar-refractivity contribution in [2.75, 3.05) is 5.32 Å². The van der Waals surface area contributed by atoms with Crippen LogP contribution in [0.15, 0.2) is 48.5 Å². The average molecular weight is 394 g/mol. The monoisotopic (exact) mass is 394 g/mol. The summed E-state index contributed by atoms with van der Waals surface area (Å²) in [5.74, 6) is -0.481. The lowest BCUT2D eigenvalue weighted by Crippen LogP contribution is -2.27. The molecular formula is C20H21F3N2O3. The number of benzene rings is 2. The topological polar surface area (TPSA) is 67.4 Å². The zero-order valence-electron chi connectivity index (χ0n) is 15.7. The van der Waals surface area contributed by atoms with Crippen molar-refractivity contribution in [3.8, 4) is 0 Å². The summed E-state index contributed by atoms with van der Waals surface area (Å²) in [5, 5.41) is 5.09. The molecule has 0 radical (unpaired) electrons. The molecule has 0 spiro atoms. The van der Waals surface area contributed by atoms with Crippen LogP contribution in [0.1, 0.15) is 42.3 Å². The van der Waals surface area contributed by atoms with Crippen molar-refractivity contribution in [1.29, 1.82) is 0 Å². The van der Waals surface area contributed by atoms with Crippen LogP contribution in [0.4, 0.5) is 23.7 Å². The first-order valence-electron chi connectivity index (χ1n) is 8.48. The number of nitrogens with one attached hydrogen (secondary N) is 2. The van der Waals surface area contributed by atoms with Crippen LogP contribution in [0.2, 0.25) is 0 Å². The van der Waals surface area contributed by atoms with Gasteiger partial charge in [0, 0.05) is 17.8 Å². The number of hydrogen-bond acceptors (Lipinski definition) is 3. The summed E-state index contributed by atoms with van der Waals surface area (Å²) in [5.41, 5.74) is -0.500. The van der Waals surface area contributed by atoms with E-state index in [1.807, 2.05) is 0 Å². The van der Waals surface area contributed by atoms with Gasteiger partial charge in [-0.2, -0.15) is 13.2 Å². The molecule has 2 N–H and O–H groups in total. The van der Waals surface area contributed by atoms with Crippen molar-refractivity contribution >= 4 is 17.7 Å². The van der Waals surface area contributed by atoms with Crippen LogP contribution in [-0.4, -0.2) is 17.6 Å². The van der Waals surface area contributed by atoms with Gasteiger partial charge in [-0.05, 0) is 56.7 Å². The second kappa shape index (κ2) is 8.33. The summed E-state index contributed by atoms with van der Waals surface area (Å²) < 4.78 is 43.4. The first-order valence-corrected chi connectivity index (χ1v) is 8.48. The Morgan fingerprint density at radius 2 is 1.68 bits per heavy atom. The molecule has 28 heavy (non-hydrogen) atoms. The van der Waals surface area contributed by atoms with Crippen LogP contribution in [0, 0.1) is 0 Å². The van der Waals surface area contributed by atoms with E-state index >= 15 is 0 Å². The molecule has 0 saturated carbocycles. The summed E-state index contributed by atoms with van der Waals surface area (Å²) in [6, 6.07) is 10.9. The number of hydrogen-bond donors (Lipinski definition) is 2. The Bertz CT molecular complexity index is 858. The fourth-order valence-corrected chi connectivity index (χ4v) is 2.30. The number of ether oxygens (including phenoxy) is 1. The normalized spacial score (nSPS) is 11.6. The van der Waals surface area contributed by atoms with Crippen LogP contribution >= 0.6 is 0 Å². The van der Waals surface area contributed by atoms with E-state index in [9.17, 15) is 22.8 Å². The molecule has 0 aliphatic heterocycles. The fourth-order valence-electron chi connectivity index (χ4n) is 2.30. The van der Waals surface area contributed by atoms with Crippen molar-refractivity contribution in [2.24, 2.45) is 0 Å². The lowest BCUT2D eigenvalue weighted by Gasteiger charge is -2.19. The SMILES string of the molecule is CC(C)(C)OC(=O)Nc1cccc(C(=O)NCc2cccc(C(F)(F)F)c2)c1. The molecule has 0 bridgehead atoms. The Balaban J connectivity index is 2.01. The molecule has 2 rings (SSSR count). The first-order chi connectivity index (χ1) is 12.9. The minimum absolute atomic E-state index is 0.0630. The summed E-state index contributed by atoms with van der Waals surface area (Å²) in [6.45, 7) is 5.12. The molecule has 2 aromatic carbocycles. The summed E-state index contributed by atoms with van der Waals surface area (Å²) >= 11 is 0. The highest BCUT2D eigenvalue weighted by molar-refractivity contribution is 5.96. The quantitative estimate of drug-likeness (QED) is 0.768. The van der Waals surface area contributed by atoms with Gasteiger partial charge < -0.3 is 10.1 Å². The average Bonchev–Trinajstić information content (AvgIpc) is 2.57. The molecule has 0 fully saturated rings. The van der Waals surface area contributed by atoms with E-state index in [1.165, 1.54) is 24.3 Å². The van der Waals surface area contributed by atoms with E-state index in [2.05, 4.69) is 10.6 Å². The molecule has 0 aliphatic rings. The molecule has 0 saturated heterocycles. The van der Waals surface area contributed by atoms with Crippen LogP contribution in [0.3, 0.4) is 0 Å². The lowest BCUT2D eigenvalue weighted by atomic mass is 10.1. The zero-order valence-corrected chi connectivity index (χ0v) is 15.7. The standard InChI is InChI=1S/C20H21F3N2O3/c1-19(2,3)28-18(27)25-16-9-5-7-14(11-16)17(26)24-12-13-6-4-8-15(10-13)20(21,22)23/h4-11H,12H2,1-3H3,(H,24,26)(H,25,27). The van der Waals surface area contributed by atoms with Crippen LogP contribution in [0.25, 0.3) is 0 Å². The first kappa shape index (κ1) is 21.3. The van der Waals surface area contributed by atoms with E-state index in [4.69, 9.17) is 4.74 Å². The van der Waals surface area contributed by atoms with Gasteiger partial charge in [0.1, 0.15) is 5.60 Å². The summed E-state index contributed by atoms with van der Waals surface area (Å²) in [4.78, 5) is 24.1. The highest BCUT2D eigenvalue weighted by atomic mass is 19.4. The molecule has 0 aliphatic carbocycles. The predicted molar refractivity (Wildman–Crippen MR) is 98.9 cm³/mol. The van der Waals surface area contributed by atoms with E-state index in [1.54, 1.807) is 32.9 Å². The number of halogens is 3. The Labute approximate surface area is 160 Å². The van der Waals surface area contributed by atoms with Crippen LogP contribution < -0.4 is 10.6 Å². The van der Waals surface area contributed by atoms with Gasteiger partial charge in [0.25, 0.3) is 5.91 Å². The number of anilines is 1. The van der Waals surface area contributed by atoms with E-state index in [0.717, 1.165) is 12.1 Å². The number of rotatable bonds is 4. The zero-order chi connectivity index (χ0) is 20.9. The van der Waals surface area contributed by atoms with Gasteiger partial charge in [0.05, 0.1) is 5.56 Å². The molecular weight excluding hydrogens is 373 g/mol. The highest BCUT2D eigenvalue weighted by Crippen LogP contribution is 2.29. The number of amides is 2. The van der Waals surface area contributed by atoms with Gasteiger partial charge in [0.15, 0.2) is 0 Å². The smallest absolute Gasteiger partial charge is 0.416 e. The molecule has 0 unspecified atom stereocenters. The van der Waals surface area contributed by atoms with Crippen molar-refractivity contribution in [3.05, 3.63) is 65.2 Å². The second-order valence-corrected chi connectivity index (χ2v) is 7.09. The van der Waals surface area contributed by atoms with Crippen LogP contribution in [-0.2, 0) is 17.5 Å². The van der Waals surface area contributed by atoms with E-state index < -0.39 is 29.3 Å². The Hall–Kier alpha value is -3.03. The molecule has 8 heteroatoms. The summed E-state index contributed by atoms with van der Waals surface area (Å²) in [7, 11) is 0. The third-order valence-corrected chi connectivity index (χ3v) is 3.48. The van der Waals surface area contributed by atoms with Gasteiger partial charge in [-0.25, -0.2) is 4.79 Å². The van der Waals surface area contributed by atoms with Crippen LogP contribution in [0.5, 0.6) is 0 Å². The maximum absolute atomic E-state index is 12.8. The highest BCUT2D eigenvalue weighted by Gasteiger charge is 2.30. The fraction of sp³-hybridized carbons (Fsp3) is 0.300. The minimum atomic E-state index is -4.44. The molecule has 5 nitrogen and oxygen atoms in total. The molecule has 0 aromatic heterocycles. The molecule has 0 heterocycles. The van der Waals surface area contributed by atoms with Gasteiger partial charge in [-0.15, -0.1) is 0 Å². The molecule has 150 valence electrons. The molecule has 2 amide bonds. The second-order valence-electron chi connectivity index (χ2n) is 7.09. The molecule has 0 atom stereocenters. The number of alkyl halides is 3. The number of carbonyl (C=O) groups excluding carboxylic acids is 2. The Morgan fingerprint density at radius 3 is 2.32 bits per heavy atom. The van der Waals surface area contributed by atoms with Gasteiger partial charge in [-0.3, -0.25) is 10.1 Å². The largest absolute Gasteiger partial charge is 0.444 e. The van der Waals surface area contributed by atoms with Crippen molar-refractivity contribution in [2.45, 2.75) is 39.1 Å². The van der Waals surface area contributed by atoms with E-state index in [0.29, 0.717) is 11.3 Å². The Morgan fingerprint density at radius 1 is 1.00 bits per heavy atom. The Kier molecular flexibility index (Phi) is 6.33. The summed E-state index contributed by atoms with van der Waals surface area (Å²) in [6.07, 6.45) is -5.10. The lowest BCUT2D eigenvalue weighted by molar-refractivity contribution is -0.137. The van der Waals surface area contributed by atoms with Crippen molar-refractivity contribution in [3.63, 3.8) is 0 Å². The predicted octanol–water partition coefficient (Wildman–Crippen LogP) is 4.98.